The molecular weight excluding hydrogens is 366 g/mol. The van der Waals surface area contributed by atoms with Gasteiger partial charge in [0, 0.05) is 4.88 Å². The number of para-hydroxylation sites is 1. The summed E-state index contributed by atoms with van der Waals surface area (Å²) in [4.78, 5) is 32.7. The van der Waals surface area contributed by atoms with Crippen LogP contribution in [0.15, 0.2) is 29.1 Å². The molecule has 0 aliphatic carbocycles. The molecule has 0 bridgehead atoms. The van der Waals surface area contributed by atoms with Crippen molar-refractivity contribution >= 4 is 27.5 Å². The molecule has 9 heteroatoms. The standard InChI is InChI=1S/C17H14F2N2O4S/c1-8-9(2)26-15-13(8)14(22)20-12(21-15)7-24-16(23)10-5-3-4-6-11(10)25-17(18)19/h3-6,17H,7H2,1-2H3,(H,20,21,22). The van der Waals surface area contributed by atoms with Gasteiger partial charge in [-0.05, 0) is 31.5 Å². The number of aromatic amines is 1. The zero-order chi connectivity index (χ0) is 18.8. The minimum Gasteiger partial charge on any atom is -0.454 e. The van der Waals surface area contributed by atoms with Gasteiger partial charge in [0.1, 0.15) is 28.6 Å². The molecule has 0 spiro atoms. The zero-order valence-electron chi connectivity index (χ0n) is 13.8. The van der Waals surface area contributed by atoms with Crippen LogP contribution in [0.2, 0.25) is 0 Å². The third-order valence-corrected chi connectivity index (χ3v) is 4.85. The zero-order valence-corrected chi connectivity index (χ0v) is 14.7. The number of esters is 1. The van der Waals surface area contributed by atoms with Crippen molar-refractivity contribution in [1.82, 2.24) is 9.97 Å². The summed E-state index contributed by atoms with van der Waals surface area (Å²) in [5, 5.41) is 0.512. The van der Waals surface area contributed by atoms with Gasteiger partial charge in [0.25, 0.3) is 5.56 Å². The summed E-state index contributed by atoms with van der Waals surface area (Å²) < 4.78 is 34.2. The van der Waals surface area contributed by atoms with Gasteiger partial charge in [0.2, 0.25) is 0 Å². The van der Waals surface area contributed by atoms with Crippen LogP contribution in [0.25, 0.3) is 10.2 Å². The highest BCUT2D eigenvalue weighted by molar-refractivity contribution is 7.18. The van der Waals surface area contributed by atoms with E-state index in [4.69, 9.17) is 4.74 Å². The van der Waals surface area contributed by atoms with Crippen LogP contribution in [0.1, 0.15) is 26.6 Å². The van der Waals surface area contributed by atoms with Gasteiger partial charge >= 0.3 is 12.6 Å². The van der Waals surface area contributed by atoms with Crippen molar-refractivity contribution in [2.75, 3.05) is 0 Å². The summed E-state index contributed by atoms with van der Waals surface area (Å²) >= 11 is 1.37. The fraction of sp³-hybridized carbons (Fsp3) is 0.235. The van der Waals surface area contributed by atoms with Gasteiger partial charge < -0.3 is 14.5 Å². The first-order valence-corrected chi connectivity index (χ1v) is 8.38. The molecule has 0 fully saturated rings. The summed E-state index contributed by atoms with van der Waals surface area (Å²) in [5.74, 6) is -0.971. The molecule has 0 radical (unpaired) electrons. The maximum Gasteiger partial charge on any atom is 0.387 e. The number of halogens is 2. The fourth-order valence-electron chi connectivity index (χ4n) is 2.41. The minimum atomic E-state index is -3.06. The van der Waals surface area contributed by atoms with Crippen LogP contribution in [0.5, 0.6) is 5.75 Å². The van der Waals surface area contributed by atoms with Crippen molar-refractivity contribution in [2.45, 2.75) is 27.1 Å². The molecule has 0 unspecified atom stereocenters. The van der Waals surface area contributed by atoms with E-state index in [0.717, 1.165) is 10.4 Å². The smallest absolute Gasteiger partial charge is 0.387 e. The number of aryl methyl sites for hydroxylation is 2. The van der Waals surface area contributed by atoms with E-state index in [2.05, 4.69) is 14.7 Å². The van der Waals surface area contributed by atoms with E-state index in [-0.39, 0.29) is 29.3 Å². The molecule has 0 saturated heterocycles. The van der Waals surface area contributed by atoms with E-state index in [9.17, 15) is 18.4 Å². The number of carbonyl (C=O) groups is 1. The van der Waals surface area contributed by atoms with Gasteiger partial charge in [0.15, 0.2) is 0 Å². The second-order valence-electron chi connectivity index (χ2n) is 5.43. The van der Waals surface area contributed by atoms with Crippen LogP contribution in [-0.4, -0.2) is 22.5 Å². The molecule has 1 N–H and O–H groups in total. The number of nitrogens with one attached hydrogen (secondary N) is 1. The summed E-state index contributed by atoms with van der Waals surface area (Å²) in [7, 11) is 0. The highest BCUT2D eigenvalue weighted by atomic mass is 32.1. The first-order chi connectivity index (χ1) is 12.4. The number of rotatable bonds is 5. The number of carbonyl (C=O) groups excluding carboxylic acids is 1. The van der Waals surface area contributed by atoms with Crippen LogP contribution in [-0.2, 0) is 11.3 Å². The Hall–Kier alpha value is -2.81. The van der Waals surface area contributed by atoms with E-state index >= 15 is 0 Å². The average Bonchev–Trinajstić information content (AvgIpc) is 2.87. The maximum atomic E-state index is 12.4. The Balaban J connectivity index is 1.80. The molecule has 0 aliphatic rings. The van der Waals surface area contributed by atoms with Gasteiger partial charge in [-0.25, -0.2) is 9.78 Å². The number of hydrogen-bond acceptors (Lipinski definition) is 6. The minimum absolute atomic E-state index is 0.140. The maximum absolute atomic E-state index is 12.4. The fourth-order valence-corrected chi connectivity index (χ4v) is 3.46. The largest absolute Gasteiger partial charge is 0.454 e. The summed E-state index contributed by atoms with van der Waals surface area (Å²) in [6.07, 6.45) is 0. The van der Waals surface area contributed by atoms with Crippen LogP contribution in [0.3, 0.4) is 0 Å². The monoisotopic (exact) mass is 380 g/mol. The Labute approximate surface area is 150 Å². The van der Waals surface area contributed by atoms with Gasteiger partial charge in [-0.2, -0.15) is 8.78 Å². The molecule has 0 atom stereocenters. The number of nitrogens with zero attached hydrogens (tertiary/aromatic N) is 1. The first kappa shape index (κ1) is 18.0. The van der Waals surface area contributed by atoms with E-state index in [1.165, 1.54) is 35.6 Å². The van der Waals surface area contributed by atoms with Gasteiger partial charge in [-0.3, -0.25) is 4.79 Å². The van der Waals surface area contributed by atoms with Crippen LogP contribution in [0.4, 0.5) is 8.78 Å². The first-order valence-electron chi connectivity index (χ1n) is 7.56. The number of aromatic nitrogens is 2. The second kappa shape index (κ2) is 7.20. The normalized spacial score (nSPS) is 11.1. The predicted octanol–water partition coefficient (Wildman–Crippen LogP) is 3.56. The SMILES string of the molecule is Cc1sc2nc(COC(=O)c3ccccc3OC(F)F)[nH]c(=O)c2c1C. The number of ether oxygens (including phenoxy) is 2. The molecule has 6 nitrogen and oxygen atoms in total. The van der Waals surface area contributed by atoms with E-state index in [1.54, 1.807) is 0 Å². The third-order valence-electron chi connectivity index (χ3n) is 3.75. The quantitative estimate of drug-likeness (QED) is 0.685. The lowest BCUT2D eigenvalue weighted by Gasteiger charge is -2.10. The summed E-state index contributed by atoms with van der Waals surface area (Å²) in [6.45, 7) is 0.365. The molecule has 1 aromatic carbocycles. The van der Waals surface area contributed by atoms with Crippen molar-refractivity contribution in [3.05, 3.63) is 56.4 Å². The highest BCUT2D eigenvalue weighted by Gasteiger charge is 2.18. The predicted molar refractivity (Wildman–Crippen MR) is 91.9 cm³/mol. The van der Waals surface area contributed by atoms with Gasteiger partial charge in [-0.15, -0.1) is 11.3 Å². The number of thiophene rings is 1. The van der Waals surface area contributed by atoms with Crippen LogP contribution in [0, 0.1) is 13.8 Å². The Kier molecular flexibility index (Phi) is 4.99. The number of benzene rings is 1. The van der Waals surface area contributed by atoms with Crippen molar-refractivity contribution < 1.29 is 23.0 Å². The lowest BCUT2D eigenvalue weighted by molar-refractivity contribution is -0.0505. The van der Waals surface area contributed by atoms with Crippen LogP contribution < -0.4 is 10.3 Å². The Bertz CT molecular complexity index is 1030. The molecule has 0 saturated carbocycles. The van der Waals surface area contributed by atoms with Gasteiger partial charge in [-0.1, -0.05) is 12.1 Å². The van der Waals surface area contributed by atoms with Crippen molar-refractivity contribution in [1.29, 1.82) is 0 Å². The molecule has 0 aliphatic heterocycles. The second-order valence-corrected chi connectivity index (χ2v) is 6.63. The lowest BCUT2D eigenvalue weighted by Crippen LogP contribution is -2.15. The molecular formula is C17H14F2N2O4S. The molecule has 136 valence electrons. The lowest BCUT2D eigenvalue weighted by atomic mass is 10.2. The Morgan fingerprint density at radius 1 is 1.31 bits per heavy atom. The topological polar surface area (TPSA) is 81.3 Å². The van der Waals surface area contributed by atoms with Crippen molar-refractivity contribution in [2.24, 2.45) is 0 Å². The molecule has 2 aromatic heterocycles. The number of hydrogen-bond donors (Lipinski definition) is 1. The molecule has 3 rings (SSSR count). The van der Waals surface area contributed by atoms with Crippen LogP contribution >= 0.6 is 11.3 Å². The number of fused-ring (bicyclic) bond motifs is 1. The van der Waals surface area contributed by atoms with Crippen molar-refractivity contribution in [3.63, 3.8) is 0 Å². The Morgan fingerprint density at radius 3 is 2.77 bits per heavy atom. The van der Waals surface area contributed by atoms with E-state index < -0.39 is 12.6 Å². The highest BCUT2D eigenvalue weighted by Crippen LogP contribution is 2.26. The average molecular weight is 380 g/mol. The third kappa shape index (κ3) is 3.57. The molecule has 2 heterocycles. The summed E-state index contributed by atoms with van der Waals surface area (Å²) in [6, 6.07) is 5.51. The molecule has 3 aromatic rings. The molecule has 0 amide bonds. The van der Waals surface area contributed by atoms with Gasteiger partial charge in [0.05, 0.1) is 5.39 Å². The number of alkyl halides is 2. The number of H-pyrrole nitrogens is 1. The van der Waals surface area contributed by atoms with E-state index in [0.29, 0.717) is 10.2 Å². The summed E-state index contributed by atoms with van der Waals surface area (Å²) in [5.41, 5.74) is 0.406. The van der Waals surface area contributed by atoms with E-state index in [1.807, 2.05) is 13.8 Å². The molecule has 26 heavy (non-hydrogen) atoms. The van der Waals surface area contributed by atoms with Crippen molar-refractivity contribution in [3.8, 4) is 5.75 Å². The Morgan fingerprint density at radius 2 is 2.04 bits per heavy atom.